The zero-order valence-corrected chi connectivity index (χ0v) is 9.70. The molecule has 0 saturated heterocycles. The fourth-order valence-electron chi connectivity index (χ4n) is 1.03. The third kappa shape index (κ3) is 5.14. The molecule has 2 aromatic carbocycles. The SMILES string of the molecule is O=C(O)[c-]1[cH-][cH-][cH-][cH-]1.O=C(O)[c-]1cccc1.[Co]. The van der Waals surface area contributed by atoms with Crippen LogP contribution in [0.4, 0.5) is 0 Å². The molecule has 0 aromatic heterocycles. The Morgan fingerprint density at radius 2 is 1.41 bits per heavy atom. The first kappa shape index (κ1) is 15.1. The second kappa shape index (κ2) is 7.42. The minimum Gasteiger partial charge on any atom is -0.681 e. The molecule has 0 bridgehead atoms. The van der Waals surface area contributed by atoms with Gasteiger partial charge in [-0.1, -0.05) is 5.56 Å². The van der Waals surface area contributed by atoms with Gasteiger partial charge in [-0.3, -0.25) is 4.79 Å². The quantitative estimate of drug-likeness (QED) is 0.825. The molecule has 0 heterocycles. The normalized spacial score (nSPS) is 8.47. The molecule has 0 aliphatic heterocycles. The zero-order valence-electron chi connectivity index (χ0n) is 8.66. The summed E-state index contributed by atoms with van der Waals surface area (Å²) in [4.78, 5) is 20.1. The maximum atomic E-state index is 10.1. The summed E-state index contributed by atoms with van der Waals surface area (Å²) in [7, 11) is 0. The molecule has 0 aliphatic carbocycles. The van der Waals surface area contributed by atoms with Crippen LogP contribution in [0.15, 0.2) is 48.5 Å². The summed E-state index contributed by atoms with van der Waals surface area (Å²) in [5.41, 5.74) is 0.704. The van der Waals surface area contributed by atoms with Crippen LogP contribution in [0.5, 0.6) is 0 Å². The first-order chi connectivity index (χ1) is 7.61. The Kier molecular flexibility index (Phi) is 6.62. The monoisotopic (exact) mass is 277 g/mol. The van der Waals surface area contributed by atoms with Crippen molar-refractivity contribution in [3.63, 3.8) is 0 Å². The van der Waals surface area contributed by atoms with E-state index in [4.69, 9.17) is 10.2 Å². The maximum Gasteiger partial charge on any atom is 0.278 e. The summed E-state index contributed by atoms with van der Waals surface area (Å²) in [5.74, 6) is -1.73. The Morgan fingerprint density at radius 1 is 0.941 bits per heavy atom. The van der Waals surface area contributed by atoms with Crippen LogP contribution < -0.4 is 0 Å². The topological polar surface area (TPSA) is 74.6 Å². The molecule has 0 spiro atoms. The van der Waals surface area contributed by atoms with Crippen molar-refractivity contribution in [2.24, 2.45) is 0 Å². The predicted octanol–water partition coefficient (Wildman–Crippen LogP) is 2.20. The molecule has 97 valence electrons. The Bertz CT molecular complexity index is 399. The molecule has 0 saturated carbocycles. The van der Waals surface area contributed by atoms with Gasteiger partial charge in [0, 0.05) is 16.8 Å². The largest absolute Gasteiger partial charge is 0.681 e. The third-order valence-electron chi connectivity index (χ3n) is 1.82. The summed E-state index contributed by atoms with van der Waals surface area (Å²) >= 11 is 0. The molecular formula is C12H10CoO4-6. The number of carboxylic acids is 2. The number of hydrogen-bond donors (Lipinski definition) is 2. The van der Waals surface area contributed by atoms with E-state index in [0.29, 0.717) is 11.1 Å². The number of rotatable bonds is 2. The number of carbonyl (C=O) groups is 2. The summed E-state index contributed by atoms with van der Waals surface area (Å²) in [6.45, 7) is 0. The molecule has 0 fully saturated rings. The zero-order chi connectivity index (χ0) is 12.0. The molecule has 2 rings (SSSR count). The van der Waals surface area contributed by atoms with Crippen molar-refractivity contribution >= 4 is 11.9 Å². The van der Waals surface area contributed by atoms with Crippen molar-refractivity contribution in [2.75, 3.05) is 0 Å². The van der Waals surface area contributed by atoms with E-state index in [1.807, 2.05) is 0 Å². The van der Waals surface area contributed by atoms with E-state index >= 15 is 0 Å². The van der Waals surface area contributed by atoms with Crippen molar-refractivity contribution in [3.05, 3.63) is 59.7 Å². The standard InChI is InChI=1S/2C6H5O2.Co/c2*7-6(8)5-3-1-2-4-5;/h2*1-4H,(H,7,8);/q-5;-1;. The van der Waals surface area contributed by atoms with E-state index in [2.05, 4.69) is 0 Å². The average molecular weight is 277 g/mol. The molecule has 0 amide bonds. The van der Waals surface area contributed by atoms with Crippen LogP contribution >= 0.6 is 0 Å². The van der Waals surface area contributed by atoms with E-state index in [1.54, 1.807) is 48.5 Å². The van der Waals surface area contributed by atoms with Crippen LogP contribution in [-0.2, 0) is 16.8 Å². The van der Waals surface area contributed by atoms with E-state index in [9.17, 15) is 9.59 Å². The molecule has 0 unspecified atom stereocenters. The van der Waals surface area contributed by atoms with Gasteiger partial charge in [0.05, 0.1) is 0 Å². The molecule has 1 radical (unpaired) electrons. The second-order valence-corrected chi connectivity index (χ2v) is 2.96. The minimum absolute atomic E-state index is 0. The van der Waals surface area contributed by atoms with Crippen molar-refractivity contribution < 1.29 is 36.6 Å². The van der Waals surface area contributed by atoms with Gasteiger partial charge in [0.15, 0.2) is 0 Å². The predicted molar refractivity (Wildman–Crippen MR) is 58.0 cm³/mol. The maximum absolute atomic E-state index is 10.1. The van der Waals surface area contributed by atoms with E-state index < -0.39 is 11.9 Å². The molecule has 2 N–H and O–H groups in total. The summed E-state index contributed by atoms with van der Waals surface area (Å²) in [5, 5.41) is 16.5. The van der Waals surface area contributed by atoms with Gasteiger partial charge >= 0.3 is 0 Å². The van der Waals surface area contributed by atoms with Crippen molar-refractivity contribution in [1.82, 2.24) is 0 Å². The molecule has 0 atom stereocenters. The van der Waals surface area contributed by atoms with Gasteiger partial charge in [-0.15, -0.1) is 5.97 Å². The summed E-state index contributed by atoms with van der Waals surface area (Å²) in [6, 6.07) is 13.0. The molecule has 5 heteroatoms. The van der Waals surface area contributed by atoms with Crippen LogP contribution in [0.25, 0.3) is 0 Å². The Morgan fingerprint density at radius 3 is 1.65 bits per heavy atom. The molecule has 4 nitrogen and oxygen atoms in total. The van der Waals surface area contributed by atoms with Gasteiger partial charge in [0.1, 0.15) is 0 Å². The van der Waals surface area contributed by atoms with Gasteiger partial charge in [0.25, 0.3) is 5.97 Å². The number of carboxylic acid groups (broad SMARTS) is 2. The van der Waals surface area contributed by atoms with Crippen LogP contribution in [0.2, 0.25) is 0 Å². The molecule has 2 aromatic rings. The first-order valence-corrected chi connectivity index (χ1v) is 4.51. The third-order valence-corrected chi connectivity index (χ3v) is 1.82. The summed E-state index contributed by atoms with van der Waals surface area (Å²) < 4.78 is 0. The summed E-state index contributed by atoms with van der Waals surface area (Å²) in [6.07, 6.45) is 0. The van der Waals surface area contributed by atoms with Gasteiger partial charge < -0.3 is 44.8 Å². The van der Waals surface area contributed by atoms with Gasteiger partial charge in [0.2, 0.25) is 0 Å². The molecule has 0 aliphatic rings. The first-order valence-electron chi connectivity index (χ1n) is 4.51. The minimum atomic E-state index is -0.866. The van der Waals surface area contributed by atoms with E-state index in [-0.39, 0.29) is 16.8 Å². The van der Waals surface area contributed by atoms with Crippen LogP contribution in [-0.4, -0.2) is 22.2 Å². The number of aromatic carboxylic acids is 2. The fourth-order valence-corrected chi connectivity index (χ4v) is 1.03. The van der Waals surface area contributed by atoms with Crippen molar-refractivity contribution in [1.29, 1.82) is 0 Å². The van der Waals surface area contributed by atoms with Crippen LogP contribution in [0.3, 0.4) is 0 Å². The van der Waals surface area contributed by atoms with Gasteiger partial charge in [-0.05, 0) is 0 Å². The fraction of sp³-hybridized carbons (Fsp3) is 0. The van der Waals surface area contributed by atoms with Gasteiger partial charge in [-0.25, -0.2) is 12.1 Å². The average Bonchev–Trinajstić information content (AvgIpc) is 2.93. The van der Waals surface area contributed by atoms with Crippen LogP contribution in [0.1, 0.15) is 20.7 Å². The smallest absolute Gasteiger partial charge is 0.278 e. The molecular weight excluding hydrogens is 267 g/mol. The Balaban J connectivity index is 0.000000284. The Labute approximate surface area is 108 Å². The van der Waals surface area contributed by atoms with Crippen LogP contribution in [0, 0.1) is 0 Å². The van der Waals surface area contributed by atoms with Crippen molar-refractivity contribution in [2.45, 2.75) is 0 Å². The van der Waals surface area contributed by atoms with Gasteiger partial charge in [-0.2, -0.15) is 12.1 Å². The Hall–Kier alpha value is -1.85. The molecule has 17 heavy (non-hydrogen) atoms. The van der Waals surface area contributed by atoms with E-state index in [0.717, 1.165) is 0 Å². The van der Waals surface area contributed by atoms with E-state index in [1.165, 1.54) is 0 Å². The van der Waals surface area contributed by atoms with Crippen molar-refractivity contribution in [3.8, 4) is 0 Å². The number of hydrogen-bond acceptors (Lipinski definition) is 2. The second-order valence-electron chi connectivity index (χ2n) is 2.96.